The highest BCUT2D eigenvalue weighted by Crippen LogP contribution is 2.19. The van der Waals surface area contributed by atoms with Gasteiger partial charge in [0.25, 0.3) is 0 Å². The van der Waals surface area contributed by atoms with Gasteiger partial charge in [0.2, 0.25) is 0 Å². The second kappa shape index (κ2) is 13.3. The van der Waals surface area contributed by atoms with Crippen molar-refractivity contribution < 1.29 is 0 Å². The van der Waals surface area contributed by atoms with Gasteiger partial charge in [-0.1, -0.05) is 110 Å². The molecule has 2 rings (SSSR count). The molecule has 0 saturated carbocycles. The maximum absolute atomic E-state index is 3.57. The zero-order valence-electron chi connectivity index (χ0n) is 15.2. The van der Waals surface area contributed by atoms with E-state index in [4.69, 9.17) is 0 Å². The number of aryl methyl sites for hydroxylation is 1. The molecule has 2 aromatic carbocycles. The first-order valence-corrected chi connectivity index (χ1v) is 8.21. The summed E-state index contributed by atoms with van der Waals surface area (Å²) in [5.41, 5.74) is 5.12. The average Bonchev–Trinajstić information content (AvgIpc) is 2.59. The highest BCUT2D eigenvalue weighted by Gasteiger charge is 1.94. The summed E-state index contributed by atoms with van der Waals surface area (Å²) in [6, 6.07) is 19.0. The normalized spacial score (nSPS) is 10.2. The Morgan fingerprint density at radius 2 is 1.52 bits per heavy atom. The SMILES string of the molecule is C=C/C=C(C)\C=C/C.CC.Cc1cccc(-c2ccccc2)c1. The fourth-order valence-corrected chi connectivity index (χ4v) is 1.96. The maximum atomic E-state index is 3.57. The molecule has 0 atom stereocenters. The van der Waals surface area contributed by atoms with Crippen molar-refractivity contribution in [2.45, 2.75) is 34.6 Å². The van der Waals surface area contributed by atoms with Crippen molar-refractivity contribution in [3.05, 3.63) is 96.6 Å². The van der Waals surface area contributed by atoms with Gasteiger partial charge in [-0.3, -0.25) is 0 Å². The highest BCUT2D eigenvalue weighted by molar-refractivity contribution is 5.63. The van der Waals surface area contributed by atoms with E-state index >= 15 is 0 Å². The van der Waals surface area contributed by atoms with Gasteiger partial charge in [-0.2, -0.15) is 0 Å². The van der Waals surface area contributed by atoms with E-state index in [0.717, 1.165) is 0 Å². The lowest BCUT2D eigenvalue weighted by molar-refractivity contribution is 1.47. The molecule has 0 heteroatoms. The first-order chi connectivity index (χ1) is 11.2. The molecule has 0 saturated heterocycles. The van der Waals surface area contributed by atoms with Crippen molar-refractivity contribution in [2.24, 2.45) is 0 Å². The van der Waals surface area contributed by atoms with Crippen LogP contribution in [0.5, 0.6) is 0 Å². The Morgan fingerprint density at radius 1 is 0.913 bits per heavy atom. The van der Waals surface area contributed by atoms with Crippen LogP contribution in [0.25, 0.3) is 11.1 Å². The summed E-state index contributed by atoms with van der Waals surface area (Å²) in [5.74, 6) is 0. The third-order valence-corrected chi connectivity index (χ3v) is 2.94. The summed E-state index contributed by atoms with van der Waals surface area (Å²) < 4.78 is 0. The molecule has 0 fully saturated rings. The van der Waals surface area contributed by atoms with Crippen LogP contribution in [-0.2, 0) is 0 Å². The van der Waals surface area contributed by atoms with E-state index in [1.165, 1.54) is 22.3 Å². The maximum Gasteiger partial charge on any atom is -0.0181 e. The van der Waals surface area contributed by atoms with Gasteiger partial charge in [-0.05, 0) is 31.9 Å². The van der Waals surface area contributed by atoms with Crippen molar-refractivity contribution in [1.29, 1.82) is 0 Å². The molecule has 122 valence electrons. The number of hydrogen-bond donors (Lipinski definition) is 0. The molecular weight excluding hydrogens is 276 g/mol. The molecule has 0 heterocycles. The summed E-state index contributed by atoms with van der Waals surface area (Å²) in [6.45, 7) is 13.7. The number of hydrogen-bond acceptors (Lipinski definition) is 0. The zero-order chi connectivity index (χ0) is 17.5. The Bertz CT molecular complexity index is 601. The van der Waals surface area contributed by atoms with Crippen molar-refractivity contribution >= 4 is 0 Å². The van der Waals surface area contributed by atoms with E-state index in [1.54, 1.807) is 6.08 Å². The van der Waals surface area contributed by atoms with Gasteiger partial charge in [0.15, 0.2) is 0 Å². The van der Waals surface area contributed by atoms with Crippen molar-refractivity contribution in [2.75, 3.05) is 0 Å². The Hall–Kier alpha value is -2.34. The first-order valence-electron chi connectivity index (χ1n) is 8.21. The van der Waals surface area contributed by atoms with Crippen molar-refractivity contribution in [3.63, 3.8) is 0 Å². The van der Waals surface area contributed by atoms with Crippen LogP contribution in [0.1, 0.15) is 33.3 Å². The largest absolute Gasteiger partial charge is 0.0991 e. The van der Waals surface area contributed by atoms with Crippen molar-refractivity contribution in [3.8, 4) is 11.1 Å². The smallest absolute Gasteiger partial charge is 0.0181 e. The monoisotopic (exact) mass is 306 g/mol. The highest BCUT2D eigenvalue weighted by atomic mass is 14.0. The second-order valence-electron chi connectivity index (χ2n) is 4.88. The molecule has 0 amide bonds. The van der Waals surface area contributed by atoms with Crippen LogP contribution in [0.2, 0.25) is 0 Å². The summed E-state index contributed by atoms with van der Waals surface area (Å²) in [5, 5.41) is 0. The molecule has 0 nitrogen and oxygen atoms in total. The molecule has 23 heavy (non-hydrogen) atoms. The lowest BCUT2D eigenvalue weighted by atomic mass is 10.0. The summed E-state index contributed by atoms with van der Waals surface area (Å²) >= 11 is 0. The molecule has 0 unspecified atom stereocenters. The second-order valence-corrected chi connectivity index (χ2v) is 4.88. The van der Waals surface area contributed by atoms with E-state index in [9.17, 15) is 0 Å². The molecular formula is C23H30. The Kier molecular flexibility index (Phi) is 12.0. The molecule has 0 aromatic heterocycles. The topological polar surface area (TPSA) is 0 Å². The van der Waals surface area contributed by atoms with E-state index < -0.39 is 0 Å². The van der Waals surface area contributed by atoms with Crippen LogP contribution in [0.3, 0.4) is 0 Å². The van der Waals surface area contributed by atoms with Gasteiger partial charge in [0.1, 0.15) is 0 Å². The van der Waals surface area contributed by atoms with Crippen LogP contribution >= 0.6 is 0 Å². The van der Waals surface area contributed by atoms with Gasteiger partial charge in [0, 0.05) is 0 Å². The minimum Gasteiger partial charge on any atom is -0.0991 e. The van der Waals surface area contributed by atoms with Gasteiger partial charge in [-0.15, -0.1) is 0 Å². The Labute approximate surface area is 142 Å². The Balaban J connectivity index is 0.000000421. The lowest BCUT2D eigenvalue weighted by Gasteiger charge is -2.01. The van der Waals surface area contributed by atoms with Gasteiger partial charge in [-0.25, -0.2) is 0 Å². The molecule has 0 aliphatic heterocycles. The first kappa shape index (κ1) is 20.7. The third kappa shape index (κ3) is 9.31. The van der Waals surface area contributed by atoms with Gasteiger partial charge in [0.05, 0.1) is 0 Å². The van der Waals surface area contributed by atoms with Crippen LogP contribution in [-0.4, -0.2) is 0 Å². The third-order valence-electron chi connectivity index (χ3n) is 2.94. The minimum absolute atomic E-state index is 1.24. The van der Waals surface area contributed by atoms with Crippen LogP contribution in [0.4, 0.5) is 0 Å². The van der Waals surface area contributed by atoms with E-state index in [0.29, 0.717) is 0 Å². The summed E-state index contributed by atoms with van der Waals surface area (Å²) in [7, 11) is 0. The minimum atomic E-state index is 1.24. The number of rotatable bonds is 3. The number of benzene rings is 2. The average molecular weight is 306 g/mol. The van der Waals surface area contributed by atoms with Crippen molar-refractivity contribution in [1.82, 2.24) is 0 Å². The molecule has 0 bridgehead atoms. The Morgan fingerprint density at radius 3 is 2.04 bits per heavy atom. The molecule has 0 aliphatic carbocycles. The lowest BCUT2D eigenvalue weighted by Crippen LogP contribution is -1.77. The van der Waals surface area contributed by atoms with Crippen LogP contribution in [0, 0.1) is 6.92 Å². The van der Waals surface area contributed by atoms with Gasteiger partial charge < -0.3 is 0 Å². The molecule has 0 radical (unpaired) electrons. The van der Waals surface area contributed by atoms with E-state index in [-0.39, 0.29) is 0 Å². The zero-order valence-corrected chi connectivity index (χ0v) is 15.2. The number of allylic oxidation sites excluding steroid dienone is 5. The fraction of sp³-hybridized carbons (Fsp3) is 0.217. The predicted octanol–water partition coefficient (Wildman–Crippen LogP) is 7.38. The van der Waals surface area contributed by atoms with Crippen LogP contribution in [0.15, 0.2) is 91.1 Å². The quantitative estimate of drug-likeness (QED) is 0.519. The van der Waals surface area contributed by atoms with E-state index in [1.807, 2.05) is 52.0 Å². The molecule has 0 aliphatic rings. The fourth-order valence-electron chi connectivity index (χ4n) is 1.96. The molecule has 0 spiro atoms. The van der Waals surface area contributed by atoms with E-state index in [2.05, 4.69) is 62.0 Å². The molecule has 2 aromatic rings. The summed E-state index contributed by atoms with van der Waals surface area (Å²) in [6.07, 6.45) is 7.81. The summed E-state index contributed by atoms with van der Waals surface area (Å²) in [4.78, 5) is 0. The van der Waals surface area contributed by atoms with Crippen LogP contribution < -0.4 is 0 Å². The predicted molar refractivity (Wildman–Crippen MR) is 107 cm³/mol. The van der Waals surface area contributed by atoms with Gasteiger partial charge >= 0.3 is 0 Å². The standard InChI is InChI=1S/C13H12.C8H12.C2H6/c1-11-6-5-9-13(10-11)12-7-3-2-4-8-12;1-4-6-8(3)7-5-2;1-2/h2-10H,1H3;4-7H,1H2,2-3H3;1-2H3/b;7-5-,8-6-;. The molecule has 0 N–H and O–H groups in total.